The lowest BCUT2D eigenvalue weighted by molar-refractivity contribution is 0.204. The molecule has 2 saturated heterocycles. The Bertz CT molecular complexity index is 417. The maximum Gasteiger partial charge on any atom is 0.0576 e. The Kier molecular flexibility index (Phi) is 4.59. The molecule has 3 heterocycles. The number of thiophene rings is 1. The van der Waals surface area contributed by atoms with Gasteiger partial charge in [-0.2, -0.15) is 0 Å². The number of rotatable bonds is 4. The molecule has 2 fully saturated rings. The van der Waals surface area contributed by atoms with E-state index < -0.39 is 0 Å². The van der Waals surface area contributed by atoms with Gasteiger partial charge in [0.25, 0.3) is 0 Å². The van der Waals surface area contributed by atoms with E-state index >= 15 is 0 Å². The van der Waals surface area contributed by atoms with Gasteiger partial charge in [0.2, 0.25) is 0 Å². The third-order valence-corrected chi connectivity index (χ3v) is 6.44. The second-order valence-electron chi connectivity index (χ2n) is 5.56. The van der Waals surface area contributed by atoms with Crippen LogP contribution in [0.15, 0.2) is 15.9 Å². The molecule has 2 unspecified atom stereocenters. The minimum atomic E-state index is 0.391. The van der Waals surface area contributed by atoms with Crippen LogP contribution in [0.3, 0.4) is 0 Å². The molecule has 2 aliphatic heterocycles. The van der Waals surface area contributed by atoms with Crippen molar-refractivity contribution in [1.29, 1.82) is 0 Å². The molecule has 0 amide bonds. The van der Waals surface area contributed by atoms with Gasteiger partial charge in [-0.05, 0) is 59.7 Å². The molecular weight excluding hydrogens is 322 g/mol. The summed E-state index contributed by atoms with van der Waals surface area (Å²) in [4.78, 5) is 6.65. The predicted octanol–water partition coefficient (Wildman–Crippen LogP) is 2.68. The zero-order valence-corrected chi connectivity index (χ0v) is 13.6. The summed E-state index contributed by atoms with van der Waals surface area (Å²) in [7, 11) is 0. The second-order valence-corrected chi connectivity index (χ2v) is 7.37. The summed E-state index contributed by atoms with van der Waals surface area (Å²) in [5.74, 6) is 0. The van der Waals surface area contributed by atoms with Crippen LogP contribution in [0.5, 0.6) is 0 Å². The van der Waals surface area contributed by atoms with Crippen molar-refractivity contribution in [3.8, 4) is 0 Å². The van der Waals surface area contributed by atoms with Crippen LogP contribution in [-0.2, 0) is 0 Å². The van der Waals surface area contributed by atoms with Gasteiger partial charge in [0.1, 0.15) is 0 Å². The van der Waals surface area contributed by atoms with Gasteiger partial charge in [0.15, 0.2) is 0 Å². The summed E-state index contributed by atoms with van der Waals surface area (Å²) >= 11 is 5.47. The van der Waals surface area contributed by atoms with E-state index in [-0.39, 0.29) is 0 Å². The summed E-state index contributed by atoms with van der Waals surface area (Å²) < 4.78 is 1.22. The summed E-state index contributed by atoms with van der Waals surface area (Å²) in [6.45, 7) is 5.69. The molecule has 0 spiro atoms. The van der Waals surface area contributed by atoms with Crippen molar-refractivity contribution in [2.75, 3.05) is 32.7 Å². The zero-order chi connectivity index (χ0) is 13.2. The van der Waals surface area contributed by atoms with Crippen LogP contribution in [0.25, 0.3) is 0 Å². The van der Waals surface area contributed by atoms with E-state index in [2.05, 4.69) is 37.2 Å². The standard InChI is InChI=1S/C14H22BrN3S/c15-12-4-8-19-14(12)13(9-16)18-7-3-11(10-18)17-5-1-2-6-17/h4,8,11,13H,1-3,5-7,9-10,16H2. The highest BCUT2D eigenvalue weighted by molar-refractivity contribution is 9.10. The predicted molar refractivity (Wildman–Crippen MR) is 84.6 cm³/mol. The van der Waals surface area contributed by atoms with E-state index in [1.807, 2.05) is 11.3 Å². The van der Waals surface area contributed by atoms with Gasteiger partial charge in [-0.25, -0.2) is 0 Å². The van der Waals surface area contributed by atoms with E-state index in [1.54, 1.807) is 0 Å². The molecule has 2 aliphatic rings. The highest BCUT2D eigenvalue weighted by Crippen LogP contribution is 2.34. The summed E-state index contributed by atoms with van der Waals surface area (Å²) in [6, 6.07) is 3.29. The third-order valence-electron chi connectivity index (χ3n) is 4.46. The fraction of sp³-hybridized carbons (Fsp3) is 0.714. The lowest BCUT2D eigenvalue weighted by Crippen LogP contribution is -2.37. The van der Waals surface area contributed by atoms with Gasteiger partial charge in [0.05, 0.1) is 6.04 Å². The fourth-order valence-corrected chi connectivity index (χ4v) is 5.21. The average Bonchev–Trinajstić information content (AvgIpc) is 3.11. The lowest BCUT2D eigenvalue weighted by Gasteiger charge is -2.28. The molecule has 5 heteroatoms. The SMILES string of the molecule is NCC(c1sccc1Br)N1CCC(N2CCCC2)C1. The van der Waals surface area contributed by atoms with Crippen LogP contribution >= 0.6 is 27.3 Å². The number of nitrogens with zero attached hydrogens (tertiary/aromatic N) is 2. The molecule has 0 bridgehead atoms. The van der Waals surface area contributed by atoms with E-state index in [4.69, 9.17) is 5.73 Å². The van der Waals surface area contributed by atoms with Crippen molar-refractivity contribution in [2.45, 2.75) is 31.3 Å². The van der Waals surface area contributed by atoms with Gasteiger partial charge >= 0.3 is 0 Å². The van der Waals surface area contributed by atoms with Crippen LogP contribution in [0, 0.1) is 0 Å². The van der Waals surface area contributed by atoms with Crippen LogP contribution in [0.2, 0.25) is 0 Å². The minimum absolute atomic E-state index is 0.391. The average molecular weight is 344 g/mol. The molecule has 0 saturated carbocycles. The lowest BCUT2D eigenvalue weighted by atomic mass is 10.2. The van der Waals surface area contributed by atoms with Crippen LogP contribution in [-0.4, -0.2) is 48.6 Å². The highest BCUT2D eigenvalue weighted by atomic mass is 79.9. The normalized spacial score (nSPS) is 27.2. The van der Waals surface area contributed by atoms with E-state index in [9.17, 15) is 0 Å². The maximum atomic E-state index is 6.04. The molecule has 2 N–H and O–H groups in total. The van der Waals surface area contributed by atoms with E-state index in [0.717, 1.165) is 6.04 Å². The highest BCUT2D eigenvalue weighted by Gasteiger charge is 2.33. The first kappa shape index (κ1) is 14.0. The molecule has 0 radical (unpaired) electrons. The maximum absolute atomic E-state index is 6.04. The van der Waals surface area contributed by atoms with Crippen LogP contribution < -0.4 is 5.73 Å². The first-order valence-corrected chi connectivity index (χ1v) is 8.88. The van der Waals surface area contributed by atoms with Crippen molar-refractivity contribution in [1.82, 2.24) is 9.80 Å². The second kappa shape index (κ2) is 6.22. The topological polar surface area (TPSA) is 32.5 Å². The zero-order valence-electron chi connectivity index (χ0n) is 11.2. The molecule has 2 atom stereocenters. The van der Waals surface area contributed by atoms with Gasteiger partial charge in [-0.1, -0.05) is 0 Å². The van der Waals surface area contributed by atoms with Crippen molar-refractivity contribution >= 4 is 27.3 Å². The monoisotopic (exact) mass is 343 g/mol. The number of hydrogen-bond donors (Lipinski definition) is 1. The first-order chi connectivity index (χ1) is 9.29. The molecule has 0 aromatic carbocycles. The molecule has 3 rings (SSSR count). The van der Waals surface area contributed by atoms with Crippen LogP contribution in [0.4, 0.5) is 0 Å². The first-order valence-electron chi connectivity index (χ1n) is 7.20. The van der Waals surface area contributed by atoms with Crippen molar-refractivity contribution in [3.05, 3.63) is 20.8 Å². The Morgan fingerprint density at radius 3 is 2.79 bits per heavy atom. The number of hydrogen-bond acceptors (Lipinski definition) is 4. The largest absolute Gasteiger partial charge is 0.329 e. The van der Waals surface area contributed by atoms with Crippen molar-refractivity contribution < 1.29 is 0 Å². The Hall–Kier alpha value is 0.0600. The molecule has 1 aromatic heterocycles. The third kappa shape index (κ3) is 2.90. The molecule has 3 nitrogen and oxygen atoms in total. The molecule has 1 aromatic rings. The number of likely N-dealkylation sites (tertiary alicyclic amines) is 2. The van der Waals surface area contributed by atoms with Crippen molar-refractivity contribution in [2.24, 2.45) is 5.73 Å². The quantitative estimate of drug-likeness (QED) is 0.912. The Labute approximate surface area is 127 Å². The minimum Gasteiger partial charge on any atom is -0.329 e. The summed E-state index contributed by atoms with van der Waals surface area (Å²) in [5.41, 5.74) is 6.04. The number of halogens is 1. The Morgan fingerprint density at radius 1 is 1.37 bits per heavy atom. The molecular formula is C14H22BrN3S. The van der Waals surface area contributed by atoms with Gasteiger partial charge < -0.3 is 5.73 Å². The Morgan fingerprint density at radius 2 is 2.16 bits per heavy atom. The fourth-order valence-electron chi connectivity index (χ4n) is 3.42. The molecule has 0 aliphatic carbocycles. The van der Waals surface area contributed by atoms with Crippen molar-refractivity contribution in [3.63, 3.8) is 0 Å². The van der Waals surface area contributed by atoms with Gasteiger partial charge in [-0.3, -0.25) is 9.80 Å². The van der Waals surface area contributed by atoms with E-state index in [0.29, 0.717) is 12.6 Å². The number of nitrogens with two attached hydrogens (primary N) is 1. The molecule has 106 valence electrons. The Balaban J connectivity index is 1.67. The molecule has 19 heavy (non-hydrogen) atoms. The van der Waals surface area contributed by atoms with Crippen LogP contribution in [0.1, 0.15) is 30.2 Å². The van der Waals surface area contributed by atoms with Gasteiger partial charge in [0, 0.05) is 35.0 Å². The summed E-state index contributed by atoms with van der Waals surface area (Å²) in [6.07, 6.45) is 4.07. The summed E-state index contributed by atoms with van der Waals surface area (Å²) in [5, 5.41) is 2.15. The van der Waals surface area contributed by atoms with Gasteiger partial charge in [-0.15, -0.1) is 11.3 Å². The smallest absolute Gasteiger partial charge is 0.0576 e. The van der Waals surface area contributed by atoms with E-state index in [1.165, 1.54) is 54.8 Å².